The van der Waals surface area contributed by atoms with E-state index < -0.39 is 5.91 Å². The second-order valence-corrected chi connectivity index (χ2v) is 5.54. The molecule has 0 unspecified atom stereocenters. The van der Waals surface area contributed by atoms with E-state index in [9.17, 15) is 10.1 Å². The second kappa shape index (κ2) is 6.84. The summed E-state index contributed by atoms with van der Waals surface area (Å²) in [6, 6.07) is 17.0. The van der Waals surface area contributed by atoms with Crippen LogP contribution in [0.1, 0.15) is 11.1 Å². The summed E-state index contributed by atoms with van der Waals surface area (Å²) in [6.45, 7) is 2.31. The van der Waals surface area contributed by atoms with Crippen molar-refractivity contribution in [3.05, 3.63) is 76.9 Å². The predicted molar refractivity (Wildman–Crippen MR) is 93.4 cm³/mol. The summed E-state index contributed by atoms with van der Waals surface area (Å²) in [6.07, 6.45) is 3.49. The summed E-state index contributed by atoms with van der Waals surface area (Å²) in [5.41, 5.74) is 3.53. The molecule has 4 nitrogen and oxygen atoms in total. The first-order valence-electron chi connectivity index (χ1n) is 7.58. The third-order valence-corrected chi connectivity index (χ3v) is 3.66. The largest absolute Gasteiger partial charge is 0.488 e. The number of hydrogen-bond donors (Lipinski definition) is 1. The lowest BCUT2D eigenvalue weighted by Crippen LogP contribution is -2.15. The number of amides is 1. The van der Waals surface area contributed by atoms with Gasteiger partial charge >= 0.3 is 0 Å². The highest BCUT2D eigenvalue weighted by Crippen LogP contribution is 2.26. The Balaban J connectivity index is 1.80. The number of aryl methyl sites for hydroxylation is 1. The first-order chi connectivity index (χ1) is 11.7. The number of nitrogens with zero attached hydrogens (tertiary/aromatic N) is 1. The number of nitrogens with one attached hydrogen (secondary N) is 1. The molecule has 3 rings (SSSR count). The maximum atomic E-state index is 12.3. The Morgan fingerprint density at radius 3 is 2.71 bits per heavy atom. The van der Waals surface area contributed by atoms with Crippen LogP contribution in [-0.4, -0.2) is 12.5 Å². The molecule has 4 heteroatoms. The number of hydrogen-bond acceptors (Lipinski definition) is 3. The van der Waals surface area contributed by atoms with Gasteiger partial charge in [0.1, 0.15) is 24.0 Å². The minimum atomic E-state index is -0.430. The molecule has 118 valence electrons. The van der Waals surface area contributed by atoms with Crippen LogP contribution in [0.3, 0.4) is 0 Å². The highest BCUT2D eigenvalue weighted by Gasteiger charge is 2.13. The minimum Gasteiger partial charge on any atom is -0.488 e. The molecule has 0 aromatic heterocycles. The number of fused-ring (bicyclic) bond motifs is 1. The fourth-order valence-corrected chi connectivity index (χ4v) is 2.39. The molecule has 0 aliphatic carbocycles. The van der Waals surface area contributed by atoms with Crippen LogP contribution in [0.4, 0.5) is 5.69 Å². The van der Waals surface area contributed by atoms with Gasteiger partial charge in [0.25, 0.3) is 5.91 Å². The molecule has 0 saturated heterocycles. The van der Waals surface area contributed by atoms with Gasteiger partial charge in [-0.1, -0.05) is 35.9 Å². The Morgan fingerprint density at radius 2 is 1.96 bits per heavy atom. The van der Waals surface area contributed by atoms with Crippen LogP contribution >= 0.6 is 0 Å². The monoisotopic (exact) mass is 316 g/mol. The highest BCUT2D eigenvalue weighted by atomic mass is 16.5. The first kappa shape index (κ1) is 15.6. The molecular weight excluding hydrogens is 300 g/mol. The lowest BCUT2D eigenvalue weighted by atomic mass is 10.1. The van der Waals surface area contributed by atoms with Crippen molar-refractivity contribution in [3.63, 3.8) is 0 Å². The van der Waals surface area contributed by atoms with Crippen LogP contribution in [0.15, 0.2) is 65.8 Å². The van der Waals surface area contributed by atoms with Crippen LogP contribution in [0.2, 0.25) is 0 Å². The SMILES string of the molecule is Cc1ccc(NC(=O)/C(C#N)=C\C2=Cc3ccccc3OC2)cc1. The molecule has 1 N–H and O–H groups in total. The van der Waals surface area contributed by atoms with Crippen LogP contribution < -0.4 is 10.1 Å². The number of para-hydroxylation sites is 1. The molecule has 0 bridgehead atoms. The number of rotatable bonds is 3. The van der Waals surface area contributed by atoms with Crippen LogP contribution in [0.5, 0.6) is 5.75 Å². The van der Waals surface area contributed by atoms with Crippen LogP contribution in [-0.2, 0) is 4.79 Å². The van der Waals surface area contributed by atoms with E-state index in [1.807, 2.05) is 67.6 Å². The van der Waals surface area contributed by atoms with E-state index in [1.165, 1.54) is 0 Å². The lowest BCUT2D eigenvalue weighted by molar-refractivity contribution is -0.112. The Bertz CT molecular complexity index is 871. The molecule has 0 radical (unpaired) electrons. The van der Waals surface area contributed by atoms with E-state index in [0.29, 0.717) is 12.3 Å². The van der Waals surface area contributed by atoms with Gasteiger partial charge in [-0.2, -0.15) is 5.26 Å². The van der Waals surface area contributed by atoms with Crippen molar-refractivity contribution in [1.82, 2.24) is 0 Å². The number of carbonyl (C=O) groups excluding carboxylic acids is 1. The van der Waals surface area contributed by atoms with Crippen molar-refractivity contribution in [2.24, 2.45) is 0 Å². The summed E-state index contributed by atoms with van der Waals surface area (Å²) in [4.78, 5) is 12.3. The quantitative estimate of drug-likeness (QED) is 0.691. The zero-order valence-corrected chi connectivity index (χ0v) is 13.2. The zero-order chi connectivity index (χ0) is 16.9. The van der Waals surface area contributed by atoms with Gasteiger partial charge in [-0.15, -0.1) is 0 Å². The number of anilines is 1. The lowest BCUT2D eigenvalue weighted by Gasteiger charge is -2.16. The molecule has 1 aliphatic rings. The van der Waals surface area contributed by atoms with Crippen molar-refractivity contribution >= 4 is 17.7 Å². The van der Waals surface area contributed by atoms with Gasteiger partial charge in [0.05, 0.1) is 0 Å². The van der Waals surface area contributed by atoms with Gasteiger partial charge in [-0.25, -0.2) is 0 Å². The maximum Gasteiger partial charge on any atom is 0.266 e. The molecule has 0 fully saturated rings. The maximum absolute atomic E-state index is 12.3. The number of ether oxygens (including phenoxy) is 1. The average molecular weight is 316 g/mol. The van der Waals surface area contributed by atoms with Gasteiger partial charge < -0.3 is 10.1 Å². The van der Waals surface area contributed by atoms with Crippen molar-refractivity contribution in [1.29, 1.82) is 5.26 Å². The molecule has 0 atom stereocenters. The minimum absolute atomic E-state index is 0.0461. The number of carbonyl (C=O) groups is 1. The Kier molecular flexibility index (Phi) is 4.44. The summed E-state index contributed by atoms with van der Waals surface area (Å²) in [5.74, 6) is 0.373. The van der Waals surface area contributed by atoms with Gasteiger partial charge in [0.15, 0.2) is 0 Å². The number of benzene rings is 2. The zero-order valence-electron chi connectivity index (χ0n) is 13.2. The van der Waals surface area contributed by atoms with Crippen molar-refractivity contribution in [2.75, 3.05) is 11.9 Å². The standard InChI is InChI=1S/C20H16N2O2/c1-14-6-8-18(9-7-14)22-20(23)17(12-21)11-15-10-16-4-2-3-5-19(16)24-13-15/h2-11H,13H2,1H3,(H,22,23)/b17-11-. The van der Waals surface area contributed by atoms with Gasteiger partial charge in [-0.05, 0) is 42.8 Å². The van der Waals surface area contributed by atoms with E-state index in [4.69, 9.17) is 4.74 Å². The molecule has 0 spiro atoms. The third-order valence-electron chi connectivity index (χ3n) is 3.66. The molecule has 2 aromatic rings. The van der Waals surface area contributed by atoms with Crippen LogP contribution in [0.25, 0.3) is 6.08 Å². The number of nitriles is 1. The molecule has 0 saturated carbocycles. The van der Waals surface area contributed by atoms with Crippen molar-refractivity contribution < 1.29 is 9.53 Å². The molecule has 1 aliphatic heterocycles. The molecular formula is C20H16N2O2. The fourth-order valence-electron chi connectivity index (χ4n) is 2.39. The van der Waals surface area contributed by atoms with E-state index in [0.717, 1.165) is 22.4 Å². The molecule has 24 heavy (non-hydrogen) atoms. The van der Waals surface area contributed by atoms with Gasteiger partial charge in [-0.3, -0.25) is 4.79 Å². The molecule has 2 aromatic carbocycles. The molecule has 1 heterocycles. The smallest absolute Gasteiger partial charge is 0.266 e. The Morgan fingerprint density at radius 1 is 1.21 bits per heavy atom. The third kappa shape index (κ3) is 3.53. The van der Waals surface area contributed by atoms with Gasteiger partial charge in [0.2, 0.25) is 0 Å². The summed E-state index contributed by atoms with van der Waals surface area (Å²) in [7, 11) is 0. The first-order valence-corrected chi connectivity index (χ1v) is 7.58. The van der Waals surface area contributed by atoms with E-state index in [1.54, 1.807) is 6.08 Å². The Labute approximate surface area is 140 Å². The normalized spacial score (nSPS) is 13.2. The highest BCUT2D eigenvalue weighted by molar-refractivity contribution is 6.07. The summed E-state index contributed by atoms with van der Waals surface area (Å²) in [5, 5.41) is 12.0. The van der Waals surface area contributed by atoms with E-state index in [2.05, 4.69) is 5.32 Å². The topological polar surface area (TPSA) is 62.1 Å². The van der Waals surface area contributed by atoms with Gasteiger partial charge in [0, 0.05) is 11.3 Å². The Hall–Kier alpha value is -3.32. The van der Waals surface area contributed by atoms with E-state index >= 15 is 0 Å². The fraction of sp³-hybridized carbons (Fsp3) is 0.100. The summed E-state index contributed by atoms with van der Waals surface area (Å²) < 4.78 is 5.64. The van der Waals surface area contributed by atoms with Crippen molar-refractivity contribution in [3.8, 4) is 11.8 Å². The van der Waals surface area contributed by atoms with Crippen molar-refractivity contribution in [2.45, 2.75) is 6.92 Å². The summed E-state index contributed by atoms with van der Waals surface area (Å²) >= 11 is 0. The van der Waals surface area contributed by atoms with Crippen LogP contribution in [0, 0.1) is 18.3 Å². The predicted octanol–water partition coefficient (Wildman–Crippen LogP) is 3.86. The average Bonchev–Trinajstić information content (AvgIpc) is 2.61. The van der Waals surface area contributed by atoms with E-state index in [-0.39, 0.29) is 5.57 Å². The second-order valence-electron chi connectivity index (χ2n) is 5.54. The molecule has 1 amide bonds.